The molecule has 1 aliphatic rings. The molecule has 3 aromatic rings. The molecule has 0 amide bonds. The molecule has 3 N–H and O–H groups in total. The molecule has 0 saturated carbocycles. The number of fused-ring (bicyclic) bond motifs is 2. The molecule has 1 aromatic heterocycles. The lowest BCUT2D eigenvalue weighted by Crippen LogP contribution is -2.87. The second-order valence-electron chi connectivity index (χ2n) is 6.31. The number of rotatable bonds is 3. The van der Waals surface area contributed by atoms with E-state index in [1.165, 1.54) is 0 Å². The molecule has 134 valence electrons. The lowest BCUT2D eigenvalue weighted by Gasteiger charge is -2.25. The SMILES string of the molecule is COc1cc2c(cc1OC)[C@H](c1c(O)c3ccccc3oc1=O)[NH2+]CC2. The minimum absolute atomic E-state index is 0.0271. The van der Waals surface area contributed by atoms with Crippen molar-refractivity contribution >= 4 is 11.0 Å². The van der Waals surface area contributed by atoms with Crippen LogP contribution >= 0.6 is 0 Å². The van der Waals surface area contributed by atoms with Gasteiger partial charge in [0.2, 0.25) is 0 Å². The summed E-state index contributed by atoms with van der Waals surface area (Å²) in [5.41, 5.74) is 2.11. The predicted octanol–water partition coefficient (Wildman–Crippen LogP) is 1.72. The fourth-order valence-electron chi connectivity index (χ4n) is 3.67. The second-order valence-corrected chi connectivity index (χ2v) is 6.31. The zero-order valence-electron chi connectivity index (χ0n) is 14.6. The summed E-state index contributed by atoms with van der Waals surface area (Å²) in [5, 5.41) is 13.4. The largest absolute Gasteiger partial charge is 0.506 e. The number of aromatic hydroxyl groups is 1. The topological polar surface area (TPSA) is 85.5 Å². The number of ether oxygens (including phenoxy) is 2. The Morgan fingerprint density at radius 3 is 2.65 bits per heavy atom. The lowest BCUT2D eigenvalue weighted by atomic mass is 9.89. The predicted molar refractivity (Wildman–Crippen MR) is 96.0 cm³/mol. The minimum atomic E-state index is -0.523. The average Bonchev–Trinajstić information content (AvgIpc) is 2.67. The Kier molecular flexibility index (Phi) is 4.05. The monoisotopic (exact) mass is 354 g/mol. The molecule has 4 rings (SSSR count). The molecule has 0 bridgehead atoms. The standard InChI is InChI=1S/C20H19NO5/c1-24-15-9-11-7-8-21-18(13(11)10-16(15)25-2)17-19(22)12-5-3-4-6-14(12)26-20(17)23/h3-6,9-10,18,21-22H,7-8H2,1-2H3/p+1/t18-/m1/s1. The van der Waals surface area contributed by atoms with Crippen LogP contribution in [0.2, 0.25) is 0 Å². The van der Waals surface area contributed by atoms with Crippen LogP contribution in [0.25, 0.3) is 11.0 Å². The molecular formula is C20H20NO5+. The molecule has 0 unspecified atom stereocenters. The normalized spacial score (nSPS) is 16.3. The third kappa shape index (κ3) is 2.50. The van der Waals surface area contributed by atoms with Gasteiger partial charge in [0.25, 0.3) is 0 Å². The van der Waals surface area contributed by atoms with E-state index in [9.17, 15) is 9.90 Å². The van der Waals surface area contributed by atoms with Crippen LogP contribution in [-0.2, 0) is 6.42 Å². The maximum absolute atomic E-state index is 12.6. The van der Waals surface area contributed by atoms with Gasteiger partial charge in [0.1, 0.15) is 22.9 Å². The van der Waals surface area contributed by atoms with Crippen molar-refractivity contribution in [2.75, 3.05) is 20.8 Å². The van der Waals surface area contributed by atoms with Crippen molar-refractivity contribution in [1.82, 2.24) is 0 Å². The van der Waals surface area contributed by atoms with Gasteiger partial charge in [-0.1, -0.05) is 12.1 Å². The van der Waals surface area contributed by atoms with Crippen LogP contribution in [0, 0.1) is 0 Å². The Hall–Kier alpha value is -2.99. The van der Waals surface area contributed by atoms with E-state index in [1.54, 1.807) is 38.5 Å². The summed E-state index contributed by atoms with van der Waals surface area (Å²) >= 11 is 0. The minimum Gasteiger partial charge on any atom is -0.506 e. The van der Waals surface area contributed by atoms with Crippen molar-refractivity contribution < 1.29 is 24.3 Å². The number of benzene rings is 2. The van der Waals surface area contributed by atoms with Crippen molar-refractivity contribution in [2.45, 2.75) is 12.5 Å². The first-order valence-electron chi connectivity index (χ1n) is 8.47. The van der Waals surface area contributed by atoms with Crippen LogP contribution in [0.3, 0.4) is 0 Å². The first-order valence-corrected chi connectivity index (χ1v) is 8.47. The molecule has 6 heteroatoms. The van der Waals surface area contributed by atoms with Gasteiger partial charge in [-0.3, -0.25) is 0 Å². The molecule has 2 aromatic carbocycles. The van der Waals surface area contributed by atoms with Crippen molar-refractivity contribution in [3.05, 3.63) is 63.5 Å². The molecule has 0 spiro atoms. The summed E-state index contributed by atoms with van der Waals surface area (Å²) < 4.78 is 16.2. The number of quaternary nitrogens is 1. The molecular weight excluding hydrogens is 334 g/mol. The van der Waals surface area contributed by atoms with Gasteiger partial charge < -0.3 is 24.3 Å². The van der Waals surface area contributed by atoms with Crippen LogP contribution in [0.1, 0.15) is 22.7 Å². The molecule has 2 heterocycles. The molecule has 26 heavy (non-hydrogen) atoms. The van der Waals surface area contributed by atoms with E-state index in [4.69, 9.17) is 13.9 Å². The average molecular weight is 354 g/mol. The van der Waals surface area contributed by atoms with Gasteiger partial charge in [-0.05, 0) is 29.8 Å². The van der Waals surface area contributed by atoms with Crippen LogP contribution in [0.5, 0.6) is 17.2 Å². The molecule has 0 fully saturated rings. The highest BCUT2D eigenvalue weighted by Crippen LogP contribution is 2.38. The fourth-order valence-corrected chi connectivity index (χ4v) is 3.67. The molecule has 0 saturated heterocycles. The van der Waals surface area contributed by atoms with Crippen molar-refractivity contribution in [3.8, 4) is 17.2 Å². The Balaban J connectivity index is 1.94. The van der Waals surface area contributed by atoms with E-state index < -0.39 is 5.63 Å². The van der Waals surface area contributed by atoms with E-state index in [0.29, 0.717) is 22.5 Å². The highest BCUT2D eigenvalue weighted by molar-refractivity contribution is 5.84. The fraction of sp³-hybridized carbons (Fsp3) is 0.250. The summed E-state index contributed by atoms with van der Waals surface area (Å²) in [4.78, 5) is 12.6. The van der Waals surface area contributed by atoms with Gasteiger partial charge in [0, 0.05) is 12.0 Å². The first-order chi connectivity index (χ1) is 12.6. The number of hydrogen-bond donors (Lipinski definition) is 2. The quantitative estimate of drug-likeness (QED) is 0.700. The van der Waals surface area contributed by atoms with E-state index in [0.717, 1.165) is 24.1 Å². The highest BCUT2D eigenvalue weighted by atomic mass is 16.5. The molecule has 0 radical (unpaired) electrons. The van der Waals surface area contributed by atoms with Crippen LogP contribution in [0.15, 0.2) is 45.6 Å². The summed E-state index contributed by atoms with van der Waals surface area (Å²) in [6.07, 6.45) is 0.839. The van der Waals surface area contributed by atoms with E-state index in [1.807, 2.05) is 17.4 Å². The summed E-state index contributed by atoms with van der Waals surface area (Å²) in [6, 6.07) is 10.4. The first kappa shape index (κ1) is 16.5. The van der Waals surface area contributed by atoms with Crippen molar-refractivity contribution in [2.24, 2.45) is 0 Å². The Labute approximate surface area is 150 Å². The number of para-hydroxylation sites is 1. The van der Waals surface area contributed by atoms with Crippen molar-refractivity contribution in [1.29, 1.82) is 0 Å². The van der Waals surface area contributed by atoms with Gasteiger partial charge in [-0.2, -0.15) is 0 Å². The molecule has 1 aliphatic heterocycles. The van der Waals surface area contributed by atoms with Gasteiger partial charge in [0.15, 0.2) is 11.5 Å². The highest BCUT2D eigenvalue weighted by Gasteiger charge is 2.33. The van der Waals surface area contributed by atoms with Crippen LogP contribution < -0.4 is 20.4 Å². The summed E-state index contributed by atoms with van der Waals surface area (Å²) in [7, 11) is 3.17. The smallest absolute Gasteiger partial charge is 0.349 e. The number of nitrogens with two attached hydrogens (primary N) is 1. The Bertz CT molecular complexity index is 1040. The maximum Gasteiger partial charge on any atom is 0.349 e. The van der Waals surface area contributed by atoms with Gasteiger partial charge in [0.05, 0.1) is 26.2 Å². The third-order valence-electron chi connectivity index (χ3n) is 4.93. The lowest BCUT2D eigenvalue weighted by molar-refractivity contribution is -0.690. The zero-order chi connectivity index (χ0) is 18.3. The van der Waals surface area contributed by atoms with Crippen LogP contribution in [-0.4, -0.2) is 25.9 Å². The molecule has 6 nitrogen and oxygen atoms in total. The Morgan fingerprint density at radius 1 is 1.15 bits per heavy atom. The van der Waals surface area contributed by atoms with Gasteiger partial charge in [-0.15, -0.1) is 0 Å². The zero-order valence-corrected chi connectivity index (χ0v) is 14.6. The number of methoxy groups -OCH3 is 2. The van der Waals surface area contributed by atoms with E-state index >= 15 is 0 Å². The maximum atomic E-state index is 12.6. The Morgan fingerprint density at radius 2 is 1.88 bits per heavy atom. The molecule has 0 aliphatic carbocycles. The number of hydrogen-bond acceptors (Lipinski definition) is 5. The van der Waals surface area contributed by atoms with Gasteiger partial charge >= 0.3 is 5.63 Å². The van der Waals surface area contributed by atoms with E-state index in [-0.39, 0.29) is 17.4 Å². The summed E-state index contributed by atoms with van der Waals surface area (Å²) in [6.45, 7) is 0.791. The molecule has 1 atom stereocenters. The second kappa shape index (κ2) is 6.38. The van der Waals surface area contributed by atoms with E-state index in [2.05, 4.69) is 0 Å². The van der Waals surface area contributed by atoms with Crippen molar-refractivity contribution in [3.63, 3.8) is 0 Å². The van der Waals surface area contributed by atoms with Crippen LogP contribution in [0.4, 0.5) is 0 Å². The third-order valence-corrected chi connectivity index (χ3v) is 4.93. The summed E-state index contributed by atoms with van der Waals surface area (Å²) in [5.74, 6) is 1.22. The van der Waals surface area contributed by atoms with Gasteiger partial charge in [-0.25, -0.2) is 4.79 Å².